The van der Waals surface area contributed by atoms with Crippen molar-refractivity contribution in [2.24, 2.45) is 11.7 Å². The number of anilines is 1. The van der Waals surface area contributed by atoms with E-state index >= 15 is 0 Å². The minimum atomic E-state index is -0.649. The number of amides is 2. The van der Waals surface area contributed by atoms with Gasteiger partial charge in [-0.05, 0) is 54.3 Å². The van der Waals surface area contributed by atoms with E-state index in [-0.39, 0.29) is 36.7 Å². The van der Waals surface area contributed by atoms with Gasteiger partial charge in [-0.25, -0.2) is 4.39 Å². The molecule has 0 aliphatic rings. The number of nitrogens with two attached hydrogens (primary N) is 1. The van der Waals surface area contributed by atoms with E-state index in [0.29, 0.717) is 11.4 Å². The maximum atomic E-state index is 13.2. The molecule has 0 spiro atoms. The maximum absolute atomic E-state index is 13.2. The zero-order chi connectivity index (χ0) is 20.7. The molecule has 0 saturated carbocycles. The molecular formula is C21H26FN3O3. The van der Waals surface area contributed by atoms with Crippen molar-refractivity contribution in [3.05, 3.63) is 59.4 Å². The summed E-state index contributed by atoms with van der Waals surface area (Å²) in [5, 5.41) is 5.27. The number of aryl methyl sites for hydroxylation is 1. The van der Waals surface area contributed by atoms with Gasteiger partial charge >= 0.3 is 0 Å². The molecule has 0 unspecified atom stereocenters. The Kier molecular flexibility index (Phi) is 7.52. The fraction of sp³-hybridized carbons (Fsp3) is 0.333. The van der Waals surface area contributed by atoms with Crippen LogP contribution in [0.5, 0.6) is 5.75 Å². The van der Waals surface area contributed by atoms with Gasteiger partial charge in [0.1, 0.15) is 18.2 Å². The molecule has 2 aromatic carbocycles. The molecule has 2 amide bonds. The van der Waals surface area contributed by atoms with Crippen molar-refractivity contribution in [2.75, 3.05) is 11.9 Å². The van der Waals surface area contributed by atoms with Gasteiger partial charge < -0.3 is 21.1 Å². The zero-order valence-electron chi connectivity index (χ0n) is 16.3. The monoisotopic (exact) mass is 387 g/mol. The van der Waals surface area contributed by atoms with Crippen LogP contribution in [0.3, 0.4) is 0 Å². The molecule has 2 aromatic rings. The van der Waals surface area contributed by atoms with Gasteiger partial charge in [0.15, 0.2) is 0 Å². The minimum Gasteiger partial charge on any atom is -0.489 e. The quantitative estimate of drug-likeness (QED) is 0.649. The SMILES string of the molecule is Cc1cc(OCc2cccc(F)c2)ccc1NC(=O)CNC(=O)[C@@H](N)C(C)C. The van der Waals surface area contributed by atoms with Crippen molar-refractivity contribution < 1.29 is 18.7 Å². The lowest BCUT2D eigenvalue weighted by Gasteiger charge is -2.15. The summed E-state index contributed by atoms with van der Waals surface area (Å²) in [4.78, 5) is 23.9. The number of nitrogens with one attached hydrogen (secondary N) is 2. The largest absolute Gasteiger partial charge is 0.489 e. The van der Waals surface area contributed by atoms with Crippen molar-refractivity contribution >= 4 is 17.5 Å². The van der Waals surface area contributed by atoms with Gasteiger partial charge in [0.05, 0.1) is 12.6 Å². The summed E-state index contributed by atoms with van der Waals surface area (Å²) in [7, 11) is 0. The Morgan fingerprint density at radius 3 is 2.57 bits per heavy atom. The van der Waals surface area contributed by atoms with Crippen LogP contribution in [0.4, 0.5) is 10.1 Å². The molecule has 1 atom stereocenters. The van der Waals surface area contributed by atoms with Crippen LogP contribution >= 0.6 is 0 Å². The van der Waals surface area contributed by atoms with Gasteiger partial charge in [0.2, 0.25) is 11.8 Å². The Morgan fingerprint density at radius 1 is 1.18 bits per heavy atom. The van der Waals surface area contributed by atoms with E-state index in [1.165, 1.54) is 12.1 Å². The Hall–Kier alpha value is -2.93. The summed E-state index contributed by atoms with van der Waals surface area (Å²) < 4.78 is 18.9. The lowest BCUT2D eigenvalue weighted by Crippen LogP contribution is -2.46. The first-order valence-electron chi connectivity index (χ1n) is 9.07. The minimum absolute atomic E-state index is 0.00905. The Labute approximate surface area is 164 Å². The van der Waals surface area contributed by atoms with E-state index in [9.17, 15) is 14.0 Å². The van der Waals surface area contributed by atoms with E-state index in [0.717, 1.165) is 11.1 Å². The van der Waals surface area contributed by atoms with Crippen LogP contribution in [-0.2, 0) is 16.2 Å². The average molecular weight is 387 g/mol. The number of hydrogen-bond donors (Lipinski definition) is 3. The molecule has 0 fully saturated rings. The number of hydrogen-bond acceptors (Lipinski definition) is 4. The van der Waals surface area contributed by atoms with Crippen molar-refractivity contribution in [2.45, 2.75) is 33.4 Å². The second-order valence-electron chi connectivity index (χ2n) is 6.93. The molecule has 2 rings (SSSR count). The van der Waals surface area contributed by atoms with Crippen molar-refractivity contribution in [3.8, 4) is 5.75 Å². The van der Waals surface area contributed by atoms with Crippen molar-refractivity contribution in [3.63, 3.8) is 0 Å². The Bertz CT molecular complexity index is 839. The van der Waals surface area contributed by atoms with Crippen LogP contribution in [0.15, 0.2) is 42.5 Å². The first kappa shape index (κ1) is 21.4. The van der Waals surface area contributed by atoms with Gasteiger partial charge in [-0.3, -0.25) is 9.59 Å². The predicted octanol–water partition coefficient (Wildman–Crippen LogP) is 2.75. The molecule has 0 aromatic heterocycles. The fourth-order valence-corrected chi connectivity index (χ4v) is 2.44. The highest BCUT2D eigenvalue weighted by atomic mass is 19.1. The van der Waals surface area contributed by atoms with E-state index < -0.39 is 6.04 Å². The highest BCUT2D eigenvalue weighted by molar-refractivity contribution is 5.95. The van der Waals surface area contributed by atoms with Gasteiger partial charge in [-0.15, -0.1) is 0 Å². The molecule has 4 N–H and O–H groups in total. The van der Waals surface area contributed by atoms with Crippen LogP contribution in [0.2, 0.25) is 0 Å². The highest BCUT2D eigenvalue weighted by Gasteiger charge is 2.17. The van der Waals surface area contributed by atoms with E-state index in [1.807, 2.05) is 20.8 Å². The lowest BCUT2D eigenvalue weighted by atomic mass is 10.1. The van der Waals surface area contributed by atoms with Crippen LogP contribution < -0.4 is 21.1 Å². The van der Waals surface area contributed by atoms with Crippen LogP contribution in [-0.4, -0.2) is 24.4 Å². The molecule has 0 radical (unpaired) electrons. The number of carbonyl (C=O) groups excluding carboxylic acids is 2. The molecule has 0 saturated heterocycles. The zero-order valence-corrected chi connectivity index (χ0v) is 16.3. The molecular weight excluding hydrogens is 361 g/mol. The lowest BCUT2D eigenvalue weighted by molar-refractivity contribution is -0.125. The second-order valence-corrected chi connectivity index (χ2v) is 6.93. The smallest absolute Gasteiger partial charge is 0.243 e. The first-order valence-corrected chi connectivity index (χ1v) is 9.07. The van der Waals surface area contributed by atoms with Gasteiger partial charge in [-0.2, -0.15) is 0 Å². The summed E-state index contributed by atoms with van der Waals surface area (Å²) in [6.07, 6.45) is 0. The summed E-state index contributed by atoms with van der Waals surface area (Å²) in [5.74, 6) is -0.415. The summed E-state index contributed by atoms with van der Waals surface area (Å²) in [5.41, 5.74) is 7.88. The van der Waals surface area contributed by atoms with Crippen LogP contribution in [0, 0.1) is 18.7 Å². The normalized spacial score (nSPS) is 11.8. The summed E-state index contributed by atoms with van der Waals surface area (Å²) in [6.45, 7) is 5.59. The third kappa shape index (κ3) is 6.35. The van der Waals surface area contributed by atoms with Gasteiger partial charge in [0.25, 0.3) is 0 Å². The predicted molar refractivity (Wildman–Crippen MR) is 106 cm³/mol. The van der Waals surface area contributed by atoms with Crippen molar-refractivity contribution in [1.29, 1.82) is 0 Å². The number of benzene rings is 2. The van der Waals surface area contributed by atoms with E-state index in [2.05, 4.69) is 10.6 Å². The molecule has 6 nitrogen and oxygen atoms in total. The molecule has 0 aliphatic heterocycles. The summed E-state index contributed by atoms with van der Waals surface area (Å²) in [6, 6.07) is 10.8. The molecule has 7 heteroatoms. The average Bonchev–Trinajstić information content (AvgIpc) is 2.65. The molecule has 150 valence electrons. The molecule has 0 aliphatic carbocycles. The van der Waals surface area contributed by atoms with Gasteiger partial charge in [0, 0.05) is 5.69 Å². The van der Waals surface area contributed by atoms with E-state index in [4.69, 9.17) is 10.5 Å². The third-order valence-electron chi connectivity index (χ3n) is 4.21. The molecule has 28 heavy (non-hydrogen) atoms. The molecule has 0 bridgehead atoms. The summed E-state index contributed by atoms with van der Waals surface area (Å²) >= 11 is 0. The Morgan fingerprint density at radius 2 is 1.93 bits per heavy atom. The van der Waals surface area contributed by atoms with Crippen LogP contribution in [0.25, 0.3) is 0 Å². The van der Waals surface area contributed by atoms with Crippen LogP contribution in [0.1, 0.15) is 25.0 Å². The Balaban J connectivity index is 1.87. The number of carbonyl (C=O) groups is 2. The van der Waals surface area contributed by atoms with Gasteiger partial charge in [-0.1, -0.05) is 26.0 Å². The molecule has 0 heterocycles. The van der Waals surface area contributed by atoms with Crippen molar-refractivity contribution in [1.82, 2.24) is 5.32 Å². The number of rotatable bonds is 8. The van der Waals surface area contributed by atoms with E-state index in [1.54, 1.807) is 30.3 Å². The topological polar surface area (TPSA) is 93.5 Å². The number of ether oxygens (including phenoxy) is 1. The highest BCUT2D eigenvalue weighted by Crippen LogP contribution is 2.22. The number of halogens is 1. The standard InChI is InChI=1S/C21H26FN3O3/c1-13(2)20(23)21(27)24-11-19(26)25-18-8-7-17(9-14(18)3)28-12-15-5-4-6-16(22)10-15/h4-10,13,20H,11-12,23H2,1-3H3,(H,24,27)(H,25,26)/t20-/m0/s1. The second kappa shape index (κ2) is 9.85. The first-order chi connectivity index (χ1) is 13.3. The third-order valence-corrected chi connectivity index (χ3v) is 4.21. The maximum Gasteiger partial charge on any atom is 0.243 e. The fourth-order valence-electron chi connectivity index (χ4n) is 2.44.